The van der Waals surface area contributed by atoms with Crippen molar-refractivity contribution in [3.63, 3.8) is 0 Å². The van der Waals surface area contributed by atoms with Gasteiger partial charge in [0.1, 0.15) is 5.82 Å². The van der Waals surface area contributed by atoms with E-state index in [1.807, 2.05) is 0 Å². The first kappa shape index (κ1) is 18.4. The maximum Gasteiger partial charge on any atom is 0.123 e. The molecule has 2 atom stereocenters. The standard InChI is InChI=1S/C17H26FNO.ClH/c1-3-9-17(10-4-2)11-8-15(19-17)16(20)13-6-5-7-14(18)12-13;/h5-7,12,15-16,19-20H,3-4,8-11H2,1-2H3;1H/t15-,16-;/m1./s1. The first-order chi connectivity index (χ1) is 9.60. The zero-order valence-corrected chi connectivity index (χ0v) is 13.8. The number of aliphatic hydroxyl groups excluding tert-OH is 1. The van der Waals surface area contributed by atoms with Crippen LogP contribution in [0.4, 0.5) is 4.39 Å². The van der Waals surface area contributed by atoms with Gasteiger partial charge in [0.05, 0.1) is 6.10 Å². The number of benzene rings is 1. The monoisotopic (exact) mass is 315 g/mol. The van der Waals surface area contributed by atoms with Gasteiger partial charge in [-0.1, -0.05) is 38.8 Å². The molecule has 0 amide bonds. The van der Waals surface area contributed by atoms with Crippen molar-refractivity contribution in [1.29, 1.82) is 0 Å². The summed E-state index contributed by atoms with van der Waals surface area (Å²) < 4.78 is 13.3. The van der Waals surface area contributed by atoms with Crippen molar-refractivity contribution in [1.82, 2.24) is 5.32 Å². The van der Waals surface area contributed by atoms with Crippen LogP contribution >= 0.6 is 12.4 Å². The Bertz CT molecular complexity index is 435. The van der Waals surface area contributed by atoms with Crippen LogP contribution in [0.3, 0.4) is 0 Å². The Morgan fingerprint density at radius 3 is 2.57 bits per heavy atom. The van der Waals surface area contributed by atoms with Crippen LogP contribution in [0.1, 0.15) is 64.0 Å². The highest BCUT2D eigenvalue weighted by Gasteiger charge is 2.39. The molecule has 4 heteroatoms. The third-order valence-corrected chi connectivity index (χ3v) is 4.45. The van der Waals surface area contributed by atoms with Crippen LogP contribution in [0.2, 0.25) is 0 Å². The molecule has 0 aromatic heterocycles. The van der Waals surface area contributed by atoms with Gasteiger partial charge >= 0.3 is 0 Å². The number of rotatable bonds is 6. The lowest BCUT2D eigenvalue weighted by Crippen LogP contribution is -2.44. The summed E-state index contributed by atoms with van der Waals surface area (Å²) in [5, 5.41) is 14.1. The van der Waals surface area contributed by atoms with Crippen molar-refractivity contribution in [3.05, 3.63) is 35.6 Å². The lowest BCUT2D eigenvalue weighted by molar-refractivity contribution is 0.126. The smallest absolute Gasteiger partial charge is 0.123 e. The van der Waals surface area contributed by atoms with Gasteiger partial charge in [0.25, 0.3) is 0 Å². The average Bonchev–Trinajstić information content (AvgIpc) is 2.83. The molecule has 2 N–H and O–H groups in total. The van der Waals surface area contributed by atoms with E-state index in [9.17, 15) is 9.50 Å². The van der Waals surface area contributed by atoms with Crippen LogP contribution in [0.15, 0.2) is 24.3 Å². The van der Waals surface area contributed by atoms with E-state index in [1.54, 1.807) is 12.1 Å². The molecule has 1 saturated heterocycles. The van der Waals surface area contributed by atoms with Crippen molar-refractivity contribution in [3.8, 4) is 0 Å². The van der Waals surface area contributed by atoms with Gasteiger partial charge in [-0.05, 0) is 43.4 Å². The second kappa shape index (κ2) is 8.11. The van der Waals surface area contributed by atoms with Crippen LogP contribution in [0, 0.1) is 5.82 Å². The van der Waals surface area contributed by atoms with Gasteiger partial charge in [0.2, 0.25) is 0 Å². The topological polar surface area (TPSA) is 32.3 Å². The number of hydrogen-bond donors (Lipinski definition) is 2. The van der Waals surface area contributed by atoms with Crippen LogP contribution < -0.4 is 5.32 Å². The van der Waals surface area contributed by atoms with Crippen molar-refractivity contribution >= 4 is 12.4 Å². The minimum atomic E-state index is -0.624. The number of hydrogen-bond acceptors (Lipinski definition) is 2. The lowest BCUT2D eigenvalue weighted by atomic mass is 9.87. The molecule has 0 unspecified atom stereocenters. The molecule has 0 radical (unpaired) electrons. The molecule has 1 heterocycles. The highest BCUT2D eigenvalue weighted by atomic mass is 35.5. The molecule has 1 aromatic rings. The minimum absolute atomic E-state index is 0. The SMILES string of the molecule is CCCC1(CCC)CC[C@H]([C@H](O)c2cccc(F)c2)N1.Cl. The Morgan fingerprint density at radius 2 is 2.00 bits per heavy atom. The van der Waals surface area contributed by atoms with Gasteiger partial charge < -0.3 is 10.4 Å². The Hall–Kier alpha value is -0.640. The van der Waals surface area contributed by atoms with Crippen LogP contribution in [-0.4, -0.2) is 16.7 Å². The third kappa shape index (κ3) is 4.41. The van der Waals surface area contributed by atoms with E-state index in [1.165, 1.54) is 12.1 Å². The van der Waals surface area contributed by atoms with E-state index >= 15 is 0 Å². The van der Waals surface area contributed by atoms with Gasteiger partial charge in [-0.25, -0.2) is 4.39 Å². The van der Waals surface area contributed by atoms with Gasteiger partial charge in [-0.2, -0.15) is 0 Å². The predicted octanol–water partition coefficient (Wildman–Crippen LogP) is 4.37. The Morgan fingerprint density at radius 1 is 1.33 bits per heavy atom. The van der Waals surface area contributed by atoms with Crippen LogP contribution in [-0.2, 0) is 0 Å². The molecule has 0 bridgehead atoms. The lowest BCUT2D eigenvalue weighted by Gasteiger charge is -2.31. The van der Waals surface area contributed by atoms with Crippen LogP contribution in [0.5, 0.6) is 0 Å². The molecule has 2 nitrogen and oxygen atoms in total. The Kier molecular flexibility index (Phi) is 7.11. The summed E-state index contributed by atoms with van der Waals surface area (Å²) in [4.78, 5) is 0. The Balaban J connectivity index is 0.00000220. The molecule has 1 aliphatic heterocycles. The summed E-state index contributed by atoms with van der Waals surface area (Å²) in [5.74, 6) is -0.284. The summed E-state index contributed by atoms with van der Waals surface area (Å²) >= 11 is 0. The summed E-state index contributed by atoms with van der Waals surface area (Å²) in [6.07, 6.45) is 6.02. The first-order valence-electron chi connectivity index (χ1n) is 7.81. The molecule has 0 aliphatic carbocycles. The maximum absolute atomic E-state index is 13.3. The molecule has 1 fully saturated rings. The zero-order valence-electron chi connectivity index (χ0n) is 12.9. The van der Waals surface area contributed by atoms with Gasteiger partial charge in [0.15, 0.2) is 0 Å². The summed E-state index contributed by atoms with van der Waals surface area (Å²) in [5.41, 5.74) is 0.842. The first-order valence-corrected chi connectivity index (χ1v) is 7.81. The number of halogens is 2. The van der Waals surface area contributed by atoms with E-state index in [0.29, 0.717) is 5.56 Å². The molecule has 1 aliphatic rings. The second-order valence-electron chi connectivity index (χ2n) is 6.07. The normalized spacial score (nSPS) is 21.8. The molecule has 120 valence electrons. The largest absolute Gasteiger partial charge is 0.387 e. The number of aliphatic hydroxyl groups is 1. The summed E-state index contributed by atoms with van der Waals surface area (Å²) in [6.45, 7) is 4.41. The fourth-order valence-corrected chi connectivity index (χ4v) is 3.61. The molecular weight excluding hydrogens is 289 g/mol. The molecule has 0 saturated carbocycles. The fraction of sp³-hybridized carbons (Fsp3) is 0.647. The highest BCUT2D eigenvalue weighted by molar-refractivity contribution is 5.85. The van der Waals surface area contributed by atoms with E-state index < -0.39 is 6.10 Å². The molecule has 1 aromatic carbocycles. The summed E-state index contributed by atoms with van der Waals surface area (Å²) in [7, 11) is 0. The molecule has 0 spiro atoms. The summed E-state index contributed by atoms with van der Waals surface area (Å²) in [6, 6.07) is 6.35. The quantitative estimate of drug-likeness (QED) is 0.817. The highest BCUT2D eigenvalue weighted by Crippen LogP contribution is 2.36. The third-order valence-electron chi connectivity index (χ3n) is 4.45. The second-order valence-corrected chi connectivity index (χ2v) is 6.07. The van der Waals surface area contributed by atoms with Crippen molar-refractivity contribution in [2.75, 3.05) is 0 Å². The fourth-order valence-electron chi connectivity index (χ4n) is 3.61. The van der Waals surface area contributed by atoms with E-state index in [0.717, 1.165) is 38.5 Å². The average molecular weight is 316 g/mol. The van der Waals surface area contributed by atoms with Crippen LogP contribution in [0.25, 0.3) is 0 Å². The van der Waals surface area contributed by atoms with Crippen molar-refractivity contribution in [2.24, 2.45) is 0 Å². The van der Waals surface area contributed by atoms with Gasteiger partial charge in [-0.15, -0.1) is 12.4 Å². The van der Waals surface area contributed by atoms with Crippen molar-refractivity contribution in [2.45, 2.75) is 70.1 Å². The van der Waals surface area contributed by atoms with E-state index in [-0.39, 0.29) is 29.8 Å². The molecule has 2 rings (SSSR count). The van der Waals surface area contributed by atoms with E-state index in [2.05, 4.69) is 19.2 Å². The predicted molar refractivity (Wildman–Crippen MR) is 87.3 cm³/mol. The zero-order chi connectivity index (χ0) is 14.6. The number of nitrogens with one attached hydrogen (secondary N) is 1. The van der Waals surface area contributed by atoms with Gasteiger partial charge in [-0.3, -0.25) is 0 Å². The maximum atomic E-state index is 13.3. The van der Waals surface area contributed by atoms with E-state index in [4.69, 9.17) is 0 Å². The van der Waals surface area contributed by atoms with Gasteiger partial charge in [0, 0.05) is 11.6 Å². The van der Waals surface area contributed by atoms with Crippen molar-refractivity contribution < 1.29 is 9.50 Å². The molecular formula is C17H27ClFNO. The molecule has 21 heavy (non-hydrogen) atoms. The minimum Gasteiger partial charge on any atom is -0.387 e. The Labute approximate surface area is 133 Å².